The van der Waals surface area contributed by atoms with Crippen molar-refractivity contribution in [2.75, 3.05) is 19.0 Å². The van der Waals surface area contributed by atoms with Crippen LogP contribution in [0.25, 0.3) is 22.3 Å². The van der Waals surface area contributed by atoms with Gasteiger partial charge in [0.2, 0.25) is 0 Å². The maximum absolute atomic E-state index is 13.5. The Labute approximate surface area is 172 Å². The summed E-state index contributed by atoms with van der Waals surface area (Å²) in [5, 5.41) is 0.744. The molecule has 0 N–H and O–H groups in total. The Hall–Kier alpha value is -2.64. The molecule has 0 unspecified atom stereocenters. The number of benzene rings is 2. The number of pyridine rings is 1. The molecule has 0 atom stereocenters. The van der Waals surface area contributed by atoms with Crippen LogP contribution in [0.3, 0.4) is 0 Å². The molecule has 5 nitrogen and oxygen atoms in total. The molecule has 142 valence electrons. The van der Waals surface area contributed by atoms with Crippen LogP contribution in [0.4, 0.5) is 5.69 Å². The van der Waals surface area contributed by atoms with E-state index in [-0.39, 0.29) is 4.90 Å². The van der Waals surface area contributed by atoms with E-state index in [1.54, 1.807) is 42.6 Å². The molecule has 2 aromatic carbocycles. The van der Waals surface area contributed by atoms with Gasteiger partial charge in [0.05, 0.1) is 10.6 Å². The first-order chi connectivity index (χ1) is 13.4. The van der Waals surface area contributed by atoms with Gasteiger partial charge in [0.15, 0.2) is 5.65 Å². The minimum Gasteiger partial charge on any atom is -0.378 e. The molecule has 2 aromatic heterocycles. The number of nitrogens with zero attached hydrogens (tertiary/aromatic N) is 3. The van der Waals surface area contributed by atoms with Crippen LogP contribution < -0.4 is 4.90 Å². The van der Waals surface area contributed by atoms with E-state index >= 15 is 0 Å². The smallest absolute Gasteiger partial charge is 0.269 e. The Kier molecular flexibility index (Phi) is 4.72. The number of hydrogen-bond acceptors (Lipinski definition) is 4. The Morgan fingerprint density at radius 2 is 1.64 bits per heavy atom. The lowest BCUT2D eigenvalue weighted by atomic mass is 10.1. The standard InChI is InChI=1S/C21H18BrN3O2S/c1-24(2)16-10-8-15(9-11-16)20-14-18-19(22)12-13-23-21(18)25(20)28(26,27)17-6-4-3-5-7-17/h3-14H,1-2H3. The zero-order chi connectivity index (χ0) is 19.9. The summed E-state index contributed by atoms with van der Waals surface area (Å²) in [6, 6.07) is 19.9. The summed E-state index contributed by atoms with van der Waals surface area (Å²) in [6.07, 6.45) is 1.60. The quantitative estimate of drug-likeness (QED) is 0.444. The van der Waals surface area contributed by atoms with Crippen molar-refractivity contribution in [3.8, 4) is 11.3 Å². The zero-order valence-corrected chi connectivity index (χ0v) is 17.8. The van der Waals surface area contributed by atoms with Crippen molar-refractivity contribution in [2.24, 2.45) is 0 Å². The summed E-state index contributed by atoms with van der Waals surface area (Å²) in [5.74, 6) is 0. The van der Waals surface area contributed by atoms with Gasteiger partial charge in [-0.15, -0.1) is 0 Å². The molecule has 0 saturated heterocycles. The fourth-order valence-electron chi connectivity index (χ4n) is 3.12. The summed E-state index contributed by atoms with van der Waals surface area (Å²) >= 11 is 3.52. The Morgan fingerprint density at radius 1 is 0.964 bits per heavy atom. The highest BCUT2D eigenvalue weighted by atomic mass is 79.9. The zero-order valence-electron chi connectivity index (χ0n) is 15.4. The molecule has 7 heteroatoms. The van der Waals surface area contributed by atoms with Gasteiger partial charge in [0.1, 0.15) is 0 Å². The van der Waals surface area contributed by atoms with Gasteiger partial charge in [-0.3, -0.25) is 0 Å². The highest BCUT2D eigenvalue weighted by Crippen LogP contribution is 2.34. The van der Waals surface area contributed by atoms with Crippen molar-refractivity contribution in [1.82, 2.24) is 8.96 Å². The molecule has 28 heavy (non-hydrogen) atoms. The van der Waals surface area contributed by atoms with Crippen LogP contribution in [0, 0.1) is 0 Å². The molecular formula is C21H18BrN3O2S. The van der Waals surface area contributed by atoms with E-state index in [0.717, 1.165) is 21.1 Å². The third kappa shape index (κ3) is 3.10. The molecule has 0 saturated carbocycles. The average Bonchev–Trinajstić information content (AvgIpc) is 3.10. The summed E-state index contributed by atoms with van der Waals surface area (Å²) in [7, 11) is 0.109. The monoisotopic (exact) mass is 455 g/mol. The van der Waals surface area contributed by atoms with Gasteiger partial charge in [0, 0.05) is 35.8 Å². The van der Waals surface area contributed by atoms with Crippen LogP contribution in [0.15, 0.2) is 82.3 Å². The van der Waals surface area contributed by atoms with E-state index in [4.69, 9.17) is 0 Å². The van der Waals surface area contributed by atoms with Crippen molar-refractivity contribution in [3.05, 3.63) is 77.4 Å². The second-order valence-corrected chi connectivity index (χ2v) is 9.22. The molecule has 0 aliphatic heterocycles. The van der Waals surface area contributed by atoms with Crippen LogP contribution in [0.5, 0.6) is 0 Å². The highest BCUT2D eigenvalue weighted by Gasteiger charge is 2.25. The molecule has 0 fully saturated rings. The van der Waals surface area contributed by atoms with E-state index in [0.29, 0.717) is 11.3 Å². The van der Waals surface area contributed by atoms with E-state index in [2.05, 4.69) is 20.9 Å². The first-order valence-electron chi connectivity index (χ1n) is 8.64. The van der Waals surface area contributed by atoms with Crippen LogP contribution in [-0.2, 0) is 10.0 Å². The molecular weight excluding hydrogens is 438 g/mol. The SMILES string of the molecule is CN(C)c1ccc(-c2cc3c(Br)ccnc3n2S(=O)(=O)c2ccccc2)cc1. The minimum atomic E-state index is -3.82. The number of halogens is 1. The Bertz CT molecular complexity index is 1250. The minimum absolute atomic E-state index is 0.223. The maximum Gasteiger partial charge on any atom is 0.269 e. The molecule has 0 aliphatic rings. The summed E-state index contributed by atoms with van der Waals surface area (Å²) in [5.41, 5.74) is 2.81. The van der Waals surface area contributed by atoms with E-state index in [9.17, 15) is 8.42 Å². The molecule has 0 bridgehead atoms. The normalized spacial score (nSPS) is 11.7. The first-order valence-corrected chi connectivity index (χ1v) is 10.9. The number of rotatable bonds is 4. The lowest BCUT2D eigenvalue weighted by molar-refractivity contribution is 0.589. The molecule has 0 amide bonds. The third-order valence-corrected chi connectivity index (χ3v) is 6.98. The fourth-order valence-corrected chi connectivity index (χ4v) is 5.03. The van der Waals surface area contributed by atoms with E-state index < -0.39 is 10.0 Å². The van der Waals surface area contributed by atoms with Gasteiger partial charge in [-0.05, 0) is 57.9 Å². The lowest BCUT2D eigenvalue weighted by Crippen LogP contribution is -2.14. The number of fused-ring (bicyclic) bond motifs is 1. The molecule has 0 radical (unpaired) electrons. The van der Waals surface area contributed by atoms with Crippen molar-refractivity contribution < 1.29 is 8.42 Å². The van der Waals surface area contributed by atoms with Gasteiger partial charge in [0.25, 0.3) is 10.0 Å². The Morgan fingerprint density at radius 3 is 2.29 bits per heavy atom. The maximum atomic E-state index is 13.5. The predicted molar refractivity (Wildman–Crippen MR) is 116 cm³/mol. The second kappa shape index (κ2) is 7.07. The van der Waals surface area contributed by atoms with E-state index in [1.165, 1.54) is 3.97 Å². The average molecular weight is 456 g/mol. The van der Waals surface area contributed by atoms with E-state index in [1.807, 2.05) is 49.3 Å². The van der Waals surface area contributed by atoms with Gasteiger partial charge in [-0.2, -0.15) is 0 Å². The molecule has 4 rings (SSSR count). The van der Waals surface area contributed by atoms with Crippen LogP contribution in [0.1, 0.15) is 0 Å². The first kappa shape index (κ1) is 18.7. The molecule has 4 aromatic rings. The number of aromatic nitrogens is 2. The van der Waals surface area contributed by atoms with Crippen molar-refractivity contribution in [2.45, 2.75) is 4.90 Å². The summed E-state index contributed by atoms with van der Waals surface area (Å²) < 4.78 is 29.1. The van der Waals surface area contributed by atoms with Crippen molar-refractivity contribution >= 4 is 42.7 Å². The fraction of sp³-hybridized carbons (Fsp3) is 0.0952. The predicted octanol–water partition coefficient (Wildman–Crippen LogP) is 4.77. The van der Waals surface area contributed by atoms with Crippen molar-refractivity contribution in [1.29, 1.82) is 0 Å². The third-order valence-electron chi connectivity index (χ3n) is 4.57. The second-order valence-electron chi connectivity index (χ2n) is 6.58. The van der Waals surface area contributed by atoms with Gasteiger partial charge in [-0.1, -0.05) is 30.3 Å². The van der Waals surface area contributed by atoms with Gasteiger partial charge < -0.3 is 4.90 Å². The lowest BCUT2D eigenvalue weighted by Gasteiger charge is -2.14. The summed E-state index contributed by atoms with van der Waals surface area (Å²) in [4.78, 5) is 6.59. The number of hydrogen-bond donors (Lipinski definition) is 0. The van der Waals surface area contributed by atoms with Crippen LogP contribution in [-0.4, -0.2) is 31.5 Å². The van der Waals surface area contributed by atoms with Crippen molar-refractivity contribution in [3.63, 3.8) is 0 Å². The highest BCUT2D eigenvalue weighted by molar-refractivity contribution is 9.10. The van der Waals surface area contributed by atoms with Crippen LogP contribution in [0.2, 0.25) is 0 Å². The molecule has 0 spiro atoms. The van der Waals surface area contributed by atoms with Gasteiger partial charge in [-0.25, -0.2) is 17.4 Å². The number of anilines is 1. The topological polar surface area (TPSA) is 55.2 Å². The Balaban J connectivity index is 2.02. The van der Waals surface area contributed by atoms with Crippen LogP contribution >= 0.6 is 15.9 Å². The van der Waals surface area contributed by atoms with Gasteiger partial charge >= 0.3 is 0 Å². The molecule has 2 heterocycles. The largest absolute Gasteiger partial charge is 0.378 e. The summed E-state index contributed by atoms with van der Waals surface area (Å²) in [6.45, 7) is 0. The molecule has 0 aliphatic carbocycles.